The van der Waals surface area contributed by atoms with E-state index in [1.807, 2.05) is 25.1 Å². The van der Waals surface area contributed by atoms with Crippen LogP contribution in [0.25, 0.3) is 5.57 Å². The number of rotatable bonds is 5. The summed E-state index contributed by atoms with van der Waals surface area (Å²) in [5.74, 6) is 0.545. The smallest absolute Gasteiger partial charge is 0.273 e. The molecule has 1 atom stereocenters. The van der Waals surface area contributed by atoms with Crippen molar-refractivity contribution in [2.24, 2.45) is 4.99 Å². The van der Waals surface area contributed by atoms with Gasteiger partial charge in [0.2, 0.25) is 0 Å². The summed E-state index contributed by atoms with van der Waals surface area (Å²) < 4.78 is 19.2. The minimum Gasteiger partial charge on any atom is -0.484 e. The van der Waals surface area contributed by atoms with E-state index in [1.54, 1.807) is 6.07 Å². The standard InChI is InChI=1S/C23H20FN7O2/c1-12-8-15-14-4-3-5-16(22(14)33-11-18(15)27-12)28-17-9-20(30-31-21(17)23(32)25-2)29-19-7-6-13(24)10-26-19/h3-10,12H,11H2,1-2H3,(H,25,32)(H2,26,28,29,30). The van der Waals surface area contributed by atoms with Gasteiger partial charge in [-0.3, -0.25) is 9.79 Å². The van der Waals surface area contributed by atoms with Gasteiger partial charge in [-0.05, 0) is 25.1 Å². The summed E-state index contributed by atoms with van der Waals surface area (Å²) in [6.45, 7) is 2.41. The molecule has 166 valence electrons. The van der Waals surface area contributed by atoms with Crippen molar-refractivity contribution in [2.75, 3.05) is 24.3 Å². The summed E-state index contributed by atoms with van der Waals surface area (Å²) in [5, 5.41) is 16.9. The maximum Gasteiger partial charge on any atom is 0.273 e. The molecule has 0 spiro atoms. The fourth-order valence-electron chi connectivity index (χ4n) is 3.75. The van der Waals surface area contributed by atoms with E-state index < -0.39 is 11.7 Å². The molecule has 0 fully saturated rings. The second kappa shape index (κ2) is 8.30. The van der Waals surface area contributed by atoms with Gasteiger partial charge in [-0.2, -0.15) is 0 Å². The van der Waals surface area contributed by atoms with E-state index in [4.69, 9.17) is 4.74 Å². The maximum absolute atomic E-state index is 13.2. The van der Waals surface area contributed by atoms with Gasteiger partial charge in [0, 0.05) is 24.3 Å². The zero-order valence-electron chi connectivity index (χ0n) is 17.9. The van der Waals surface area contributed by atoms with Gasteiger partial charge in [0.05, 0.1) is 29.3 Å². The van der Waals surface area contributed by atoms with Crippen LogP contribution in [0.5, 0.6) is 5.75 Å². The Labute approximate surface area is 188 Å². The van der Waals surface area contributed by atoms with Crippen LogP contribution in [0.3, 0.4) is 0 Å². The molecule has 2 aliphatic heterocycles. The predicted molar refractivity (Wildman–Crippen MR) is 123 cm³/mol. The highest BCUT2D eigenvalue weighted by molar-refractivity contribution is 6.28. The summed E-state index contributed by atoms with van der Waals surface area (Å²) in [5.41, 5.74) is 4.14. The lowest BCUT2D eigenvalue weighted by atomic mass is 9.97. The van der Waals surface area contributed by atoms with Crippen LogP contribution in [0, 0.1) is 5.82 Å². The summed E-state index contributed by atoms with van der Waals surface area (Å²) >= 11 is 0. The minimum atomic E-state index is -0.447. The molecule has 2 aliphatic rings. The Morgan fingerprint density at radius 1 is 1.12 bits per heavy atom. The number of benzene rings is 1. The van der Waals surface area contributed by atoms with Crippen molar-refractivity contribution in [3.63, 3.8) is 0 Å². The number of ether oxygens (including phenoxy) is 1. The molecule has 9 nitrogen and oxygen atoms in total. The lowest BCUT2D eigenvalue weighted by Gasteiger charge is -2.23. The fourth-order valence-corrected chi connectivity index (χ4v) is 3.75. The molecule has 4 heterocycles. The van der Waals surface area contributed by atoms with Gasteiger partial charge in [0.15, 0.2) is 17.3 Å². The molecule has 10 heteroatoms. The number of carbonyl (C=O) groups excluding carboxylic acids is 1. The highest BCUT2D eigenvalue weighted by Crippen LogP contribution is 2.41. The Bertz CT molecular complexity index is 1300. The quantitative estimate of drug-likeness (QED) is 0.551. The highest BCUT2D eigenvalue weighted by Gasteiger charge is 2.28. The minimum absolute atomic E-state index is 0.110. The third-order valence-corrected chi connectivity index (χ3v) is 5.23. The van der Waals surface area contributed by atoms with E-state index >= 15 is 0 Å². The van der Waals surface area contributed by atoms with Crippen molar-refractivity contribution in [3.8, 4) is 5.75 Å². The normalized spacial score (nSPS) is 16.0. The zero-order valence-corrected chi connectivity index (χ0v) is 17.9. The Morgan fingerprint density at radius 3 is 2.79 bits per heavy atom. The van der Waals surface area contributed by atoms with Crippen molar-refractivity contribution in [3.05, 3.63) is 65.7 Å². The third kappa shape index (κ3) is 3.98. The van der Waals surface area contributed by atoms with Crippen molar-refractivity contribution >= 4 is 40.2 Å². The molecule has 2 aromatic heterocycles. The van der Waals surface area contributed by atoms with Crippen molar-refractivity contribution < 1.29 is 13.9 Å². The first kappa shape index (κ1) is 20.6. The number of hydrogen-bond acceptors (Lipinski definition) is 8. The number of fused-ring (bicyclic) bond motifs is 3. The lowest BCUT2D eigenvalue weighted by Crippen LogP contribution is -2.22. The van der Waals surface area contributed by atoms with Gasteiger partial charge in [0.1, 0.15) is 18.2 Å². The Hall–Kier alpha value is -4.34. The molecule has 1 amide bonds. The van der Waals surface area contributed by atoms with Crippen molar-refractivity contribution in [1.82, 2.24) is 20.5 Å². The molecule has 5 rings (SSSR count). The monoisotopic (exact) mass is 445 g/mol. The van der Waals surface area contributed by atoms with Gasteiger partial charge in [-0.1, -0.05) is 18.2 Å². The van der Waals surface area contributed by atoms with Gasteiger partial charge in [0.25, 0.3) is 5.91 Å². The SMILES string of the molecule is CNC(=O)c1nnc(Nc2ccc(F)cn2)cc1Nc1cccc2c1OCC1=NC(C)C=C12. The largest absolute Gasteiger partial charge is 0.484 e. The van der Waals surface area contributed by atoms with Crippen LogP contribution >= 0.6 is 0 Å². The number of carbonyl (C=O) groups is 1. The number of nitrogens with zero attached hydrogens (tertiary/aromatic N) is 4. The van der Waals surface area contributed by atoms with Gasteiger partial charge >= 0.3 is 0 Å². The molecular formula is C23H20FN7O2. The Balaban J connectivity index is 1.51. The highest BCUT2D eigenvalue weighted by atomic mass is 19.1. The van der Waals surface area contributed by atoms with E-state index in [-0.39, 0.29) is 11.7 Å². The molecule has 3 aromatic rings. The first-order chi connectivity index (χ1) is 16.0. The first-order valence-electron chi connectivity index (χ1n) is 10.3. The number of anilines is 4. The molecule has 0 saturated carbocycles. The second-order valence-corrected chi connectivity index (χ2v) is 7.55. The molecule has 1 aromatic carbocycles. The first-order valence-corrected chi connectivity index (χ1v) is 10.3. The molecule has 0 bridgehead atoms. The molecule has 33 heavy (non-hydrogen) atoms. The van der Waals surface area contributed by atoms with Crippen molar-refractivity contribution in [2.45, 2.75) is 13.0 Å². The number of amides is 1. The van der Waals surface area contributed by atoms with Gasteiger partial charge in [-0.25, -0.2) is 9.37 Å². The summed E-state index contributed by atoms with van der Waals surface area (Å²) in [7, 11) is 1.52. The predicted octanol–water partition coefficient (Wildman–Crippen LogP) is 3.48. The van der Waals surface area contributed by atoms with Gasteiger partial charge in [-0.15, -0.1) is 10.2 Å². The number of aliphatic imine (C=N–C) groups is 1. The number of para-hydroxylation sites is 1. The van der Waals surface area contributed by atoms with Crippen LogP contribution in [-0.4, -0.2) is 46.5 Å². The zero-order chi connectivity index (χ0) is 22.9. The number of nitrogens with one attached hydrogen (secondary N) is 3. The maximum atomic E-state index is 13.2. The molecule has 1 unspecified atom stereocenters. The fraction of sp³-hybridized carbons (Fsp3) is 0.174. The van der Waals surface area contributed by atoms with Crippen LogP contribution in [0.1, 0.15) is 23.0 Å². The van der Waals surface area contributed by atoms with Crippen molar-refractivity contribution in [1.29, 1.82) is 0 Å². The molecule has 3 N–H and O–H groups in total. The van der Waals surface area contributed by atoms with Gasteiger partial charge < -0.3 is 20.7 Å². The number of hydrogen-bond donors (Lipinski definition) is 3. The summed E-state index contributed by atoms with van der Waals surface area (Å²) in [4.78, 5) is 21.0. The number of pyridine rings is 1. The average molecular weight is 445 g/mol. The van der Waals surface area contributed by atoms with E-state index in [1.165, 1.54) is 19.2 Å². The topological polar surface area (TPSA) is 113 Å². The number of aromatic nitrogens is 3. The van der Waals surface area contributed by atoms with E-state index in [0.717, 1.165) is 23.0 Å². The summed E-state index contributed by atoms with van der Waals surface area (Å²) in [6.07, 6.45) is 3.21. The second-order valence-electron chi connectivity index (χ2n) is 7.55. The van der Waals surface area contributed by atoms with E-state index in [9.17, 15) is 9.18 Å². The van der Waals surface area contributed by atoms with E-state index in [0.29, 0.717) is 35.4 Å². The summed E-state index contributed by atoms with van der Waals surface area (Å²) in [6, 6.07) is 10.3. The molecule has 0 saturated heterocycles. The lowest BCUT2D eigenvalue weighted by molar-refractivity contribution is 0.0958. The van der Waals surface area contributed by atoms with Crippen LogP contribution in [0.2, 0.25) is 0 Å². The van der Waals surface area contributed by atoms with Crippen LogP contribution in [-0.2, 0) is 0 Å². The molecular weight excluding hydrogens is 425 g/mol. The van der Waals surface area contributed by atoms with E-state index in [2.05, 4.69) is 42.2 Å². The molecule has 0 radical (unpaired) electrons. The average Bonchev–Trinajstić information content (AvgIpc) is 3.21. The van der Waals surface area contributed by atoms with Crippen LogP contribution in [0.15, 0.2) is 53.7 Å². The molecule has 0 aliphatic carbocycles. The third-order valence-electron chi connectivity index (χ3n) is 5.23. The van der Waals surface area contributed by atoms with Crippen LogP contribution in [0.4, 0.5) is 27.4 Å². The van der Waals surface area contributed by atoms with Crippen LogP contribution < -0.4 is 20.7 Å². The Kier molecular flexibility index (Phi) is 5.17. The number of halogens is 1. The Morgan fingerprint density at radius 2 is 2.00 bits per heavy atom.